The average molecular weight is 263 g/mol. The van der Waals surface area contributed by atoms with Gasteiger partial charge in [0.25, 0.3) is 0 Å². The van der Waals surface area contributed by atoms with Crippen LogP contribution < -0.4 is 0 Å². The van der Waals surface area contributed by atoms with Crippen LogP contribution in [0, 0.1) is 0 Å². The molecule has 2 aromatic rings. The van der Waals surface area contributed by atoms with E-state index in [1.54, 1.807) is 25.6 Å². The van der Waals surface area contributed by atoms with Crippen LogP contribution >= 0.6 is 11.3 Å². The lowest BCUT2D eigenvalue weighted by Gasteiger charge is -2.09. The average Bonchev–Trinajstić information content (AvgIpc) is 2.88. The summed E-state index contributed by atoms with van der Waals surface area (Å²) in [7, 11) is 3.24. The van der Waals surface area contributed by atoms with Crippen LogP contribution in [0.5, 0.6) is 0 Å². The van der Waals surface area contributed by atoms with Crippen molar-refractivity contribution >= 4 is 11.3 Å². The smallest absolute Gasteiger partial charge is 0.201 e. The zero-order valence-electron chi connectivity index (χ0n) is 10.6. The number of methoxy groups -OCH3 is 2. The molecule has 0 radical (unpaired) electrons. The van der Waals surface area contributed by atoms with Gasteiger partial charge in [-0.15, -0.1) is 11.3 Å². The third-order valence-electron chi connectivity index (χ3n) is 2.71. The summed E-state index contributed by atoms with van der Waals surface area (Å²) in [6, 6.07) is 10.4. The molecule has 1 heterocycles. The fourth-order valence-corrected chi connectivity index (χ4v) is 2.58. The molecule has 0 aliphatic carbocycles. The SMILES string of the molecule is COC(OC)c1csc(CCc2ccccc2)n1. The second-order valence-electron chi connectivity index (χ2n) is 3.96. The molecular formula is C14H17NO2S. The zero-order valence-corrected chi connectivity index (χ0v) is 11.4. The van der Waals surface area contributed by atoms with Crippen LogP contribution in [-0.2, 0) is 22.3 Å². The molecule has 0 amide bonds. The maximum absolute atomic E-state index is 5.18. The Morgan fingerprint density at radius 1 is 1.11 bits per heavy atom. The summed E-state index contributed by atoms with van der Waals surface area (Å²) in [4.78, 5) is 4.54. The van der Waals surface area contributed by atoms with Gasteiger partial charge < -0.3 is 9.47 Å². The summed E-state index contributed by atoms with van der Waals surface area (Å²) in [5.41, 5.74) is 2.19. The summed E-state index contributed by atoms with van der Waals surface area (Å²) >= 11 is 1.66. The number of hydrogen-bond acceptors (Lipinski definition) is 4. The first-order valence-electron chi connectivity index (χ1n) is 5.87. The van der Waals surface area contributed by atoms with E-state index in [-0.39, 0.29) is 6.29 Å². The number of rotatable bonds is 6. The lowest BCUT2D eigenvalue weighted by Crippen LogP contribution is -2.04. The molecule has 0 unspecified atom stereocenters. The van der Waals surface area contributed by atoms with E-state index in [4.69, 9.17) is 9.47 Å². The summed E-state index contributed by atoms with van der Waals surface area (Å²) in [5.74, 6) is 0. The van der Waals surface area contributed by atoms with Crippen molar-refractivity contribution in [2.75, 3.05) is 14.2 Å². The van der Waals surface area contributed by atoms with Gasteiger partial charge in [-0.25, -0.2) is 4.98 Å². The van der Waals surface area contributed by atoms with E-state index in [1.165, 1.54) is 5.56 Å². The van der Waals surface area contributed by atoms with Gasteiger partial charge in [-0.1, -0.05) is 30.3 Å². The molecule has 0 aliphatic heterocycles. The van der Waals surface area contributed by atoms with E-state index in [0.717, 1.165) is 23.5 Å². The lowest BCUT2D eigenvalue weighted by atomic mass is 10.1. The molecule has 0 aliphatic rings. The molecule has 1 aromatic carbocycles. The van der Waals surface area contributed by atoms with Crippen molar-refractivity contribution < 1.29 is 9.47 Å². The third-order valence-corrected chi connectivity index (χ3v) is 3.64. The Balaban J connectivity index is 1.95. The minimum absolute atomic E-state index is 0.355. The standard InChI is InChI=1S/C14H17NO2S/c1-16-14(17-2)12-10-18-13(15-12)9-8-11-6-4-3-5-7-11/h3-7,10,14H,8-9H2,1-2H3. The molecule has 0 atom stereocenters. The highest BCUT2D eigenvalue weighted by Gasteiger charge is 2.12. The van der Waals surface area contributed by atoms with Gasteiger partial charge in [-0.05, 0) is 12.0 Å². The van der Waals surface area contributed by atoms with Crippen molar-refractivity contribution in [1.29, 1.82) is 0 Å². The van der Waals surface area contributed by atoms with Crippen LogP contribution in [0.2, 0.25) is 0 Å². The summed E-state index contributed by atoms with van der Waals surface area (Å²) in [5, 5.41) is 3.12. The van der Waals surface area contributed by atoms with Crippen molar-refractivity contribution in [3.63, 3.8) is 0 Å². The molecule has 0 saturated heterocycles. The Morgan fingerprint density at radius 3 is 2.50 bits per heavy atom. The highest BCUT2D eigenvalue weighted by atomic mass is 32.1. The highest BCUT2D eigenvalue weighted by Crippen LogP contribution is 2.21. The molecule has 18 heavy (non-hydrogen) atoms. The second-order valence-corrected chi connectivity index (χ2v) is 4.90. The van der Waals surface area contributed by atoms with Crippen molar-refractivity contribution in [1.82, 2.24) is 4.98 Å². The molecule has 2 rings (SSSR count). The Morgan fingerprint density at radius 2 is 1.83 bits per heavy atom. The van der Waals surface area contributed by atoms with E-state index in [2.05, 4.69) is 29.2 Å². The minimum atomic E-state index is -0.355. The Bertz CT molecular complexity index is 466. The Hall–Kier alpha value is -1.23. The van der Waals surface area contributed by atoms with Crippen molar-refractivity contribution in [2.24, 2.45) is 0 Å². The van der Waals surface area contributed by atoms with E-state index in [9.17, 15) is 0 Å². The zero-order chi connectivity index (χ0) is 12.8. The highest BCUT2D eigenvalue weighted by molar-refractivity contribution is 7.09. The number of hydrogen-bond donors (Lipinski definition) is 0. The van der Waals surface area contributed by atoms with Gasteiger partial charge in [0.05, 0.1) is 5.01 Å². The van der Waals surface area contributed by atoms with Crippen LogP contribution in [0.4, 0.5) is 0 Å². The Kier molecular flexibility index (Phi) is 4.87. The third kappa shape index (κ3) is 3.38. The van der Waals surface area contributed by atoms with Crippen LogP contribution in [-0.4, -0.2) is 19.2 Å². The number of aromatic nitrogens is 1. The normalized spacial score (nSPS) is 11.1. The predicted molar refractivity (Wildman–Crippen MR) is 72.7 cm³/mol. The number of aryl methyl sites for hydroxylation is 2. The van der Waals surface area contributed by atoms with E-state index < -0.39 is 0 Å². The van der Waals surface area contributed by atoms with Gasteiger partial charge in [0.15, 0.2) is 0 Å². The van der Waals surface area contributed by atoms with Gasteiger partial charge in [-0.3, -0.25) is 0 Å². The first-order chi connectivity index (χ1) is 8.83. The predicted octanol–water partition coefficient (Wildman–Crippen LogP) is 3.22. The van der Waals surface area contributed by atoms with Gasteiger partial charge in [-0.2, -0.15) is 0 Å². The molecule has 0 spiro atoms. The number of thiazole rings is 1. The largest absolute Gasteiger partial charge is 0.350 e. The monoisotopic (exact) mass is 263 g/mol. The van der Waals surface area contributed by atoms with Crippen molar-refractivity contribution in [3.05, 3.63) is 52.0 Å². The van der Waals surface area contributed by atoms with Crippen LogP contribution in [0.3, 0.4) is 0 Å². The molecule has 0 fully saturated rings. The second kappa shape index (κ2) is 6.64. The van der Waals surface area contributed by atoms with E-state index in [1.807, 2.05) is 11.4 Å². The molecular weight excluding hydrogens is 246 g/mol. The van der Waals surface area contributed by atoms with Gasteiger partial charge >= 0.3 is 0 Å². The number of benzene rings is 1. The minimum Gasteiger partial charge on any atom is -0.350 e. The maximum Gasteiger partial charge on any atom is 0.201 e. The molecule has 0 N–H and O–H groups in total. The molecule has 96 valence electrons. The first-order valence-corrected chi connectivity index (χ1v) is 6.75. The maximum atomic E-state index is 5.18. The lowest BCUT2D eigenvalue weighted by molar-refractivity contribution is -0.108. The summed E-state index contributed by atoms with van der Waals surface area (Å²) < 4.78 is 10.4. The molecule has 3 nitrogen and oxygen atoms in total. The molecule has 0 saturated carbocycles. The number of nitrogens with zero attached hydrogens (tertiary/aromatic N) is 1. The quantitative estimate of drug-likeness (QED) is 0.750. The topological polar surface area (TPSA) is 31.4 Å². The Labute approximate surface area is 111 Å². The number of ether oxygens (including phenoxy) is 2. The van der Waals surface area contributed by atoms with Crippen LogP contribution in [0.15, 0.2) is 35.7 Å². The van der Waals surface area contributed by atoms with Gasteiger partial charge in [0.1, 0.15) is 5.69 Å². The van der Waals surface area contributed by atoms with Gasteiger partial charge in [0.2, 0.25) is 6.29 Å². The first kappa shape index (κ1) is 13.2. The molecule has 4 heteroatoms. The van der Waals surface area contributed by atoms with Crippen LogP contribution in [0.25, 0.3) is 0 Å². The fourth-order valence-electron chi connectivity index (χ4n) is 1.78. The molecule has 1 aromatic heterocycles. The summed E-state index contributed by atoms with van der Waals surface area (Å²) in [6.07, 6.45) is 1.61. The van der Waals surface area contributed by atoms with E-state index in [0.29, 0.717) is 0 Å². The summed E-state index contributed by atoms with van der Waals surface area (Å²) in [6.45, 7) is 0. The fraction of sp³-hybridized carbons (Fsp3) is 0.357. The van der Waals surface area contributed by atoms with E-state index >= 15 is 0 Å². The van der Waals surface area contributed by atoms with Gasteiger partial charge in [0, 0.05) is 26.0 Å². The van der Waals surface area contributed by atoms with Crippen LogP contribution in [0.1, 0.15) is 22.6 Å². The molecule has 0 bridgehead atoms. The van der Waals surface area contributed by atoms with Crippen molar-refractivity contribution in [3.8, 4) is 0 Å². The van der Waals surface area contributed by atoms with Crippen molar-refractivity contribution in [2.45, 2.75) is 19.1 Å².